The largest absolute Gasteiger partial charge is 0.504 e. The Balaban J connectivity index is 1.94. The van der Waals surface area contributed by atoms with E-state index in [9.17, 15) is 20.1 Å². The summed E-state index contributed by atoms with van der Waals surface area (Å²) in [6.45, 7) is 2.18. The minimum absolute atomic E-state index is 0.0216. The number of phenolic OH excluding ortho intramolecular Hbond substituents is 3. The molecule has 0 amide bonds. The molecule has 2 aromatic rings. The molecule has 0 aromatic heterocycles. The first-order valence-electron chi connectivity index (χ1n) is 6.45. The first-order valence-corrected chi connectivity index (χ1v) is 6.45. The number of aryl methyl sites for hydroxylation is 1. The molecule has 0 bridgehead atoms. The topological polar surface area (TPSA) is 87.0 Å². The number of aromatic hydroxyl groups is 3. The quantitative estimate of drug-likeness (QED) is 0.594. The molecule has 0 unspecified atom stereocenters. The van der Waals surface area contributed by atoms with Crippen LogP contribution in [0.15, 0.2) is 36.4 Å². The molecule has 0 radical (unpaired) electrons. The second-order valence-corrected chi connectivity index (χ2v) is 4.73. The van der Waals surface area contributed by atoms with Crippen LogP contribution in [0.25, 0.3) is 0 Å². The maximum absolute atomic E-state index is 11.8. The van der Waals surface area contributed by atoms with Crippen LogP contribution in [-0.4, -0.2) is 27.9 Å². The summed E-state index contributed by atoms with van der Waals surface area (Å²) >= 11 is 0. The van der Waals surface area contributed by atoms with Crippen LogP contribution in [0.2, 0.25) is 0 Å². The van der Waals surface area contributed by atoms with Gasteiger partial charge in [0.1, 0.15) is 0 Å². The molecule has 0 aliphatic carbocycles. The number of esters is 1. The third kappa shape index (κ3) is 3.66. The molecule has 0 aliphatic rings. The maximum Gasteiger partial charge on any atom is 0.338 e. The van der Waals surface area contributed by atoms with E-state index in [1.165, 1.54) is 0 Å². The van der Waals surface area contributed by atoms with Gasteiger partial charge in [-0.15, -0.1) is 0 Å². The van der Waals surface area contributed by atoms with Crippen molar-refractivity contribution in [3.8, 4) is 17.2 Å². The zero-order valence-corrected chi connectivity index (χ0v) is 11.5. The van der Waals surface area contributed by atoms with Crippen molar-refractivity contribution in [1.29, 1.82) is 0 Å². The lowest BCUT2D eigenvalue weighted by Gasteiger charge is -2.07. The first kappa shape index (κ1) is 14.7. The molecule has 0 saturated heterocycles. The van der Waals surface area contributed by atoms with Gasteiger partial charge in [-0.1, -0.05) is 29.8 Å². The molecule has 0 aliphatic heterocycles. The average Bonchev–Trinajstić information content (AvgIpc) is 2.46. The van der Waals surface area contributed by atoms with Crippen molar-refractivity contribution in [2.75, 3.05) is 6.61 Å². The second-order valence-electron chi connectivity index (χ2n) is 4.73. The van der Waals surface area contributed by atoms with Crippen molar-refractivity contribution >= 4 is 5.97 Å². The Bertz CT molecular complexity index is 623. The third-order valence-corrected chi connectivity index (χ3v) is 3.05. The minimum Gasteiger partial charge on any atom is -0.504 e. The standard InChI is InChI=1S/C16H16O5/c1-10-2-4-11(5-3-10)6-7-21-16(20)12-8-13(17)15(19)14(18)9-12/h2-5,8-9,17-19H,6-7H2,1H3. The lowest BCUT2D eigenvalue weighted by molar-refractivity contribution is 0.0508. The Morgan fingerprint density at radius 1 is 1.05 bits per heavy atom. The van der Waals surface area contributed by atoms with Crippen molar-refractivity contribution < 1.29 is 24.9 Å². The molecule has 0 fully saturated rings. The lowest BCUT2D eigenvalue weighted by Crippen LogP contribution is -2.08. The third-order valence-electron chi connectivity index (χ3n) is 3.05. The fraction of sp³-hybridized carbons (Fsp3) is 0.188. The van der Waals surface area contributed by atoms with Crippen molar-refractivity contribution in [2.45, 2.75) is 13.3 Å². The van der Waals surface area contributed by atoms with Crippen molar-refractivity contribution in [2.24, 2.45) is 0 Å². The predicted octanol–water partition coefficient (Wildman–Crippen LogP) is 2.51. The molecule has 3 N–H and O–H groups in total. The molecule has 110 valence electrons. The van der Waals surface area contributed by atoms with Crippen LogP contribution < -0.4 is 0 Å². The van der Waals surface area contributed by atoms with Crippen LogP contribution in [0, 0.1) is 6.92 Å². The minimum atomic E-state index is -0.673. The highest BCUT2D eigenvalue weighted by Gasteiger charge is 2.14. The Labute approximate surface area is 122 Å². The van der Waals surface area contributed by atoms with E-state index < -0.39 is 23.2 Å². The van der Waals surface area contributed by atoms with Gasteiger partial charge in [-0.2, -0.15) is 0 Å². The highest BCUT2D eigenvalue weighted by molar-refractivity contribution is 5.91. The van der Waals surface area contributed by atoms with Gasteiger partial charge < -0.3 is 20.1 Å². The summed E-state index contributed by atoms with van der Waals surface area (Å²) in [5, 5.41) is 27.9. The Morgan fingerprint density at radius 2 is 1.62 bits per heavy atom. The van der Waals surface area contributed by atoms with Gasteiger partial charge in [-0.25, -0.2) is 4.79 Å². The van der Waals surface area contributed by atoms with E-state index in [-0.39, 0.29) is 12.2 Å². The second kappa shape index (κ2) is 6.17. The van der Waals surface area contributed by atoms with Crippen LogP contribution in [0.4, 0.5) is 0 Å². The number of ether oxygens (including phenoxy) is 1. The monoisotopic (exact) mass is 288 g/mol. The van der Waals surface area contributed by atoms with E-state index >= 15 is 0 Å². The van der Waals surface area contributed by atoms with Gasteiger partial charge in [-0.3, -0.25) is 0 Å². The number of rotatable bonds is 4. The SMILES string of the molecule is Cc1ccc(CCOC(=O)c2cc(O)c(O)c(O)c2)cc1. The van der Waals surface area contributed by atoms with Crippen LogP contribution in [0.5, 0.6) is 17.2 Å². The molecule has 5 heteroatoms. The molecule has 0 atom stereocenters. The normalized spacial score (nSPS) is 10.3. The number of hydrogen-bond acceptors (Lipinski definition) is 5. The van der Waals surface area contributed by atoms with Gasteiger partial charge in [0.15, 0.2) is 17.2 Å². The first-order chi connectivity index (χ1) is 9.97. The predicted molar refractivity (Wildman–Crippen MR) is 76.6 cm³/mol. The summed E-state index contributed by atoms with van der Waals surface area (Å²) in [4.78, 5) is 11.8. The molecule has 0 saturated carbocycles. The van der Waals surface area contributed by atoms with Gasteiger partial charge in [0.2, 0.25) is 0 Å². The Kier molecular flexibility index (Phi) is 4.33. The van der Waals surface area contributed by atoms with E-state index in [1.54, 1.807) is 0 Å². The van der Waals surface area contributed by atoms with Crippen molar-refractivity contribution in [3.63, 3.8) is 0 Å². The van der Waals surface area contributed by atoms with Gasteiger partial charge in [-0.05, 0) is 24.6 Å². The number of phenols is 3. The fourth-order valence-electron chi connectivity index (χ4n) is 1.82. The summed E-state index contributed by atoms with van der Waals surface area (Å²) in [5.74, 6) is -2.47. The summed E-state index contributed by atoms with van der Waals surface area (Å²) in [6.07, 6.45) is 0.571. The Hall–Kier alpha value is -2.69. The van der Waals surface area contributed by atoms with Gasteiger partial charge in [0.05, 0.1) is 12.2 Å². The van der Waals surface area contributed by atoms with Gasteiger partial charge in [0.25, 0.3) is 0 Å². The molecule has 5 nitrogen and oxygen atoms in total. The maximum atomic E-state index is 11.8. The summed E-state index contributed by atoms with van der Waals surface area (Å²) in [6, 6.07) is 9.97. The van der Waals surface area contributed by atoms with E-state index in [0.29, 0.717) is 6.42 Å². The smallest absolute Gasteiger partial charge is 0.338 e. The molecule has 21 heavy (non-hydrogen) atoms. The van der Waals surface area contributed by atoms with Crippen LogP contribution in [0.1, 0.15) is 21.5 Å². The molecule has 0 heterocycles. The van der Waals surface area contributed by atoms with Crippen molar-refractivity contribution in [3.05, 3.63) is 53.1 Å². The fourth-order valence-corrected chi connectivity index (χ4v) is 1.82. The number of benzene rings is 2. The molecule has 2 aromatic carbocycles. The van der Waals surface area contributed by atoms with Gasteiger partial charge >= 0.3 is 5.97 Å². The molecule has 0 spiro atoms. The number of hydrogen-bond donors (Lipinski definition) is 3. The summed E-state index contributed by atoms with van der Waals surface area (Å²) < 4.78 is 5.07. The van der Waals surface area contributed by atoms with E-state index in [4.69, 9.17) is 4.74 Å². The lowest BCUT2D eigenvalue weighted by atomic mass is 10.1. The van der Waals surface area contributed by atoms with Crippen LogP contribution >= 0.6 is 0 Å². The number of carbonyl (C=O) groups excluding carboxylic acids is 1. The average molecular weight is 288 g/mol. The molecular weight excluding hydrogens is 272 g/mol. The highest BCUT2D eigenvalue weighted by Crippen LogP contribution is 2.35. The highest BCUT2D eigenvalue weighted by atomic mass is 16.5. The van der Waals surface area contributed by atoms with Gasteiger partial charge in [0, 0.05) is 6.42 Å². The Morgan fingerprint density at radius 3 is 2.19 bits per heavy atom. The van der Waals surface area contributed by atoms with E-state index in [0.717, 1.165) is 23.3 Å². The molecular formula is C16H16O5. The zero-order chi connectivity index (χ0) is 15.4. The summed E-state index contributed by atoms with van der Waals surface area (Å²) in [5.41, 5.74) is 2.18. The summed E-state index contributed by atoms with van der Waals surface area (Å²) in [7, 11) is 0. The van der Waals surface area contributed by atoms with Crippen LogP contribution in [0.3, 0.4) is 0 Å². The van der Waals surface area contributed by atoms with E-state index in [1.807, 2.05) is 31.2 Å². The van der Waals surface area contributed by atoms with Crippen molar-refractivity contribution in [1.82, 2.24) is 0 Å². The zero-order valence-electron chi connectivity index (χ0n) is 11.5. The molecule has 2 rings (SSSR count). The van der Waals surface area contributed by atoms with E-state index in [2.05, 4.69) is 0 Å². The van der Waals surface area contributed by atoms with Crippen LogP contribution in [-0.2, 0) is 11.2 Å². The number of carbonyl (C=O) groups is 1.